The molecule has 148 valence electrons. The minimum absolute atomic E-state index is 0.0955. The second kappa shape index (κ2) is 8.09. The first-order chi connectivity index (χ1) is 13.1. The highest BCUT2D eigenvalue weighted by Gasteiger charge is 2.33. The number of hydrogen-bond donors (Lipinski definition) is 0. The third-order valence-corrected chi connectivity index (χ3v) is 9.83. The Hall–Kier alpha value is -1.50. The second-order valence-electron chi connectivity index (χ2n) is 7.31. The van der Waals surface area contributed by atoms with E-state index in [2.05, 4.69) is 27.7 Å². The quantitative estimate of drug-likeness (QED) is 0.390. The molecule has 0 fully saturated rings. The molecule has 0 aromatic heterocycles. The molecule has 0 bridgehead atoms. The molecule has 2 aromatic rings. The van der Waals surface area contributed by atoms with Crippen LogP contribution in [0.1, 0.15) is 34.1 Å². The van der Waals surface area contributed by atoms with Crippen molar-refractivity contribution in [3.63, 3.8) is 0 Å². The van der Waals surface area contributed by atoms with Crippen LogP contribution in [-0.2, 0) is 0 Å². The predicted octanol–water partition coefficient (Wildman–Crippen LogP) is 6.31. The summed E-state index contributed by atoms with van der Waals surface area (Å²) in [6.45, 7) is 8.48. The van der Waals surface area contributed by atoms with E-state index in [1.54, 1.807) is 0 Å². The Morgan fingerprint density at radius 2 is 1.36 bits per heavy atom. The number of halogens is 4. The van der Waals surface area contributed by atoms with E-state index in [1.807, 2.05) is 0 Å². The Morgan fingerprint density at radius 1 is 0.857 bits per heavy atom. The van der Waals surface area contributed by atoms with Gasteiger partial charge in [0.15, 0.2) is 0 Å². The fraction of sp³-hybridized carbons (Fsp3) is 0.318. The minimum Gasteiger partial charge on any atom is -0.207 e. The molecule has 0 radical (unpaired) electrons. The first-order valence-corrected chi connectivity index (χ1v) is 11.5. The van der Waals surface area contributed by atoms with E-state index in [9.17, 15) is 17.6 Å². The zero-order valence-corrected chi connectivity index (χ0v) is 18.1. The zero-order valence-electron chi connectivity index (χ0n) is 16.3. The lowest BCUT2D eigenvalue weighted by Gasteiger charge is -2.28. The monoisotopic (exact) mass is 424 g/mol. The van der Waals surface area contributed by atoms with Gasteiger partial charge in [-0.3, -0.25) is 0 Å². The Kier molecular flexibility index (Phi) is 6.13. The van der Waals surface area contributed by atoms with Gasteiger partial charge in [-0.2, -0.15) is 0 Å². The summed E-state index contributed by atoms with van der Waals surface area (Å²) < 4.78 is 55.9. The molecule has 1 atom stereocenters. The fourth-order valence-electron chi connectivity index (χ4n) is 3.56. The largest absolute Gasteiger partial charge is 0.207 e. The molecule has 0 saturated heterocycles. The summed E-state index contributed by atoms with van der Waals surface area (Å²) >= 11 is 0. The molecule has 0 spiro atoms. The van der Waals surface area contributed by atoms with Crippen LogP contribution in [0.15, 0.2) is 47.5 Å². The van der Waals surface area contributed by atoms with E-state index in [4.69, 9.17) is 0 Å². The highest BCUT2D eigenvalue weighted by atomic mass is 31.1. The van der Waals surface area contributed by atoms with Crippen LogP contribution in [-0.4, -0.2) is 16.6 Å². The summed E-state index contributed by atoms with van der Waals surface area (Å²) in [6.07, 6.45) is 1.26. The average molecular weight is 424 g/mol. The van der Waals surface area contributed by atoms with Crippen molar-refractivity contribution < 1.29 is 17.6 Å². The van der Waals surface area contributed by atoms with Gasteiger partial charge < -0.3 is 0 Å². The Morgan fingerprint density at radius 3 is 1.75 bits per heavy atom. The molecule has 1 aliphatic rings. The molecule has 1 aliphatic heterocycles. The normalized spacial score (nSPS) is 20.1. The molecule has 1 unspecified atom stereocenters. The van der Waals surface area contributed by atoms with Crippen LogP contribution in [0.25, 0.3) is 0 Å². The summed E-state index contributed by atoms with van der Waals surface area (Å²) in [5, 5.41) is 1.80. The molecular weight excluding hydrogens is 402 g/mol. The van der Waals surface area contributed by atoms with Crippen molar-refractivity contribution >= 4 is 32.0 Å². The van der Waals surface area contributed by atoms with Gasteiger partial charge in [0.2, 0.25) is 0 Å². The predicted molar refractivity (Wildman–Crippen MR) is 113 cm³/mol. The molecule has 2 aromatic carbocycles. The van der Waals surface area contributed by atoms with Gasteiger partial charge in [-0.25, -0.2) is 17.6 Å². The van der Waals surface area contributed by atoms with Crippen LogP contribution in [0.4, 0.5) is 17.6 Å². The highest BCUT2D eigenvalue weighted by Crippen LogP contribution is 2.48. The zero-order chi connectivity index (χ0) is 20.6. The average Bonchev–Trinajstić information content (AvgIpc) is 2.81. The lowest BCUT2D eigenvalue weighted by molar-refractivity contribution is 0.587. The van der Waals surface area contributed by atoms with Gasteiger partial charge in [-0.05, 0) is 83.3 Å². The summed E-state index contributed by atoms with van der Waals surface area (Å²) in [4.78, 5) is 0. The van der Waals surface area contributed by atoms with Crippen LogP contribution in [0.2, 0.25) is 0 Å². The maximum absolute atomic E-state index is 14.6. The maximum Gasteiger partial charge on any atom is 0.134 e. The fourth-order valence-corrected chi connectivity index (χ4v) is 7.93. The number of hydrogen-bond acceptors (Lipinski definition) is 0. The van der Waals surface area contributed by atoms with Gasteiger partial charge in [-0.1, -0.05) is 13.8 Å². The van der Waals surface area contributed by atoms with Crippen molar-refractivity contribution in [1.29, 1.82) is 0 Å². The lowest BCUT2D eigenvalue weighted by Crippen LogP contribution is -2.25. The number of rotatable bonds is 5. The molecule has 0 nitrogen and oxygen atoms in total. The van der Waals surface area contributed by atoms with E-state index >= 15 is 0 Å². The van der Waals surface area contributed by atoms with Gasteiger partial charge in [-0.15, -0.1) is 0 Å². The van der Waals surface area contributed by atoms with Crippen LogP contribution < -0.4 is 10.6 Å². The van der Waals surface area contributed by atoms with E-state index in [0.29, 0.717) is 16.8 Å². The van der Waals surface area contributed by atoms with Crippen LogP contribution >= 0.6 is 16.1 Å². The first kappa shape index (κ1) is 21.2. The molecule has 0 amide bonds. The van der Waals surface area contributed by atoms with Crippen LogP contribution in [0.5, 0.6) is 0 Å². The van der Waals surface area contributed by atoms with Gasteiger partial charge in [0.1, 0.15) is 23.3 Å². The van der Waals surface area contributed by atoms with E-state index in [-0.39, 0.29) is 5.16 Å². The lowest BCUT2D eigenvalue weighted by atomic mass is 9.94. The van der Waals surface area contributed by atoms with Gasteiger partial charge >= 0.3 is 0 Å². The molecule has 0 aliphatic carbocycles. The summed E-state index contributed by atoms with van der Waals surface area (Å²) in [6, 6.07) is 6.82. The molecule has 3 rings (SSSR count). The number of allylic oxidation sites excluding steroid dienone is 2. The molecular formula is C22H22F4P2. The van der Waals surface area contributed by atoms with Gasteiger partial charge in [0, 0.05) is 27.9 Å². The first-order valence-electron chi connectivity index (χ1n) is 9.05. The summed E-state index contributed by atoms with van der Waals surface area (Å²) in [5.41, 5.74) is 2.58. The SMILES string of the molecule is CC1=PC(C)(CCP(c2ccc(F)cc2F)c2ccc(F)cc2F)C(C)=C1C. The smallest absolute Gasteiger partial charge is 0.134 e. The van der Waals surface area contributed by atoms with Crippen molar-refractivity contribution in [2.45, 2.75) is 39.3 Å². The van der Waals surface area contributed by atoms with Crippen molar-refractivity contribution in [1.82, 2.24) is 0 Å². The number of benzene rings is 2. The third kappa shape index (κ3) is 4.09. The Labute approximate surface area is 166 Å². The molecule has 28 heavy (non-hydrogen) atoms. The van der Waals surface area contributed by atoms with E-state index in [1.165, 1.54) is 48.9 Å². The standard InChI is InChI=1S/C22H22F4P2/c1-13-14(2)22(4,27-15(13)3)9-10-28(20-7-5-16(23)11-18(20)25)21-8-6-17(24)12-19(21)26/h5-8,11-12H,9-10H2,1-4H3. The summed E-state index contributed by atoms with van der Waals surface area (Å²) in [5.74, 6) is -2.71. The van der Waals surface area contributed by atoms with Crippen molar-refractivity contribution in [2.24, 2.45) is 0 Å². The van der Waals surface area contributed by atoms with E-state index < -0.39 is 31.2 Å². The summed E-state index contributed by atoms with van der Waals surface area (Å²) in [7, 11) is -0.226. The Balaban J connectivity index is 2.00. The Bertz CT molecular complexity index is 929. The topological polar surface area (TPSA) is 0 Å². The van der Waals surface area contributed by atoms with Crippen molar-refractivity contribution in [2.75, 3.05) is 6.16 Å². The third-order valence-electron chi connectivity index (χ3n) is 5.55. The van der Waals surface area contributed by atoms with Gasteiger partial charge in [0.05, 0.1) is 0 Å². The maximum atomic E-state index is 14.6. The molecule has 0 saturated carbocycles. The second-order valence-corrected chi connectivity index (χ2v) is 11.5. The minimum atomic E-state index is -1.43. The van der Waals surface area contributed by atoms with E-state index in [0.717, 1.165) is 18.6 Å². The van der Waals surface area contributed by atoms with Crippen molar-refractivity contribution in [3.8, 4) is 0 Å². The highest BCUT2D eigenvalue weighted by molar-refractivity contribution is 7.73. The molecule has 6 heteroatoms. The van der Waals surface area contributed by atoms with Crippen LogP contribution in [0.3, 0.4) is 0 Å². The van der Waals surface area contributed by atoms with Gasteiger partial charge in [0.25, 0.3) is 0 Å². The van der Waals surface area contributed by atoms with Crippen molar-refractivity contribution in [3.05, 3.63) is 70.8 Å². The van der Waals surface area contributed by atoms with Crippen LogP contribution in [0, 0.1) is 23.3 Å². The molecule has 0 N–H and O–H groups in total. The molecule has 1 heterocycles.